The van der Waals surface area contributed by atoms with Gasteiger partial charge < -0.3 is 10.2 Å². The maximum absolute atomic E-state index is 4.76. The summed E-state index contributed by atoms with van der Waals surface area (Å²) in [6, 6.07) is 0.507. The van der Waals surface area contributed by atoms with E-state index in [1.165, 1.54) is 10.6 Å². The van der Waals surface area contributed by atoms with Gasteiger partial charge in [0.25, 0.3) is 0 Å². The molecule has 1 N–H and O–H groups in total. The molecule has 0 radical (unpaired) electrons. The monoisotopic (exact) mass is 255 g/mol. The SMILES string of the molecule is CC(C)NCc1sc(N(C)C)nc1C(C)(C)C. The second-order valence-electron chi connectivity index (χ2n) is 5.95. The molecule has 0 aliphatic heterocycles. The van der Waals surface area contributed by atoms with Gasteiger partial charge in [0, 0.05) is 37.0 Å². The highest BCUT2D eigenvalue weighted by Gasteiger charge is 2.23. The molecule has 17 heavy (non-hydrogen) atoms. The summed E-state index contributed by atoms with van der Waals surface area (Å²) < 4.78 is 0. The van der Waals surface area contributed by atoms with E-state index < -0.39 is 0 Å². The van der Waals surface area contributed by atoms with Crippen LogP contribution in [-0.4, -0.2) is 25.1 Å². The van der Waals surface area contributed by atoms with Crippen molar-refractivity contribution in [3.63, 3.8) is 0 Å². The first-order chi connectivity index (χ1) is 7.71. The Balaban J connectivity index is 3.00. The zero-order valence-electron chi connectivity index (χ0n) is 12.1. The number of rotatable bonds is 4. The van der Waals surface area contributed by atoms with Crippen LogP contribution in [0.5, 0.6) is 0 Å². The van der Waals surface area contributed by atoms with E-state index >= 15 is 0 Å². The average Bonchev–Trinajstić information content (AvgIpc) is 2.57. The summed E-state index contributed by atoms with van der Waals surface area (Å²) in [5.41, 5.74) is 1.33. The third-order valence-corrected chi connectivity index (χ3v) is 3.67. The van der Waals surface area contributed by atoms with Gasteiger partial charge in [0.1, 0.15) is 0 Å². The predicted molar refractivity (Wildman–Crippen MR) is 77.1 cm³/mol. The second-order valence-corrected chi connectivity index (χ2v) is 7.01. The lowest BCUT2D eigenvalue weighted by molar-refractivity contribution is 0.546. The third-order valence-electron chi connectivity index (χ3n) is 2.45. The number of nitrogens with zero attached hydrogens (tertiary/aromatic N) is 2. The number of aromatic nitrogens is 1. The number of hydrogen-bond acceptors (Lipinski definition) is 4. The molecule has 0 fully saturated rings. The van der Waals surface area contributed by atoms with Crippen molar-refractivity contribution in [3.8, 4) is 0 Å². The first-order valence-electron chi connectivity index (χ1n) is 6.12. The minimum Gasteiger partial charge on any atom is -0.354 e. The molecule has 0 unspecified atom stereocenters. The molecule has 1 heterocycles. The van der Waals surface area contributed by atoms with Crippen LogP contribution < -0.4 is 10.2 Å². The Labute approximate surface area is 109 Å². The number of hydrogen-bond donors (Lipinski definition) is 1. The molecule has 4 heteroatoms. The molecule has 0 amide bonds. The summed E-state index contributed by atoms with van der Waals surface area (Å²) in [7, 11) is 4.09. The topological polar surface area (TPSA) is 28.2 Å². The normalized spacial score (nSPS) is 12.2. The number of thiazole rings is 1. The van der Waals surface area contributed by atoms with Crippen LogP contribution in [0.1, 0.15) is 45.2 Å². The maximum Gasteiger partial charge on any atom is 0.185 e. The van der Waals surface area contributed by atoms with Crippen molar-refractivity contribution in [1.29, 1.82) is 0 Å². The first-order valence-corrected chi connectivity index (χ1v) is 6.94. The molecule has 3 nitrogen and oxygen atoms in total. The van der Waals surface area contributed by atoms with Crippen LogP contribution in [0.2, 0.25) is 0 Å². The van der Waals surface area contributed by atoms with E-state index in [9.17, 15) is 0 Å². The van der Waals surface area contributed by atoms with E-state index in [0.29, 0.717) is 6.04 Å². The van der Waals surface area contributed by atoms with Crippen LogP contribution in [0.15, 0.2) is 0 Å². The zero-order chi connectivity index (χ0) is 13.2. The van der Waals surface area contributed by atoms with E-state index in [1.807, 2.05) is 14.1 Å². The zero-order valence-corrected chi connectivity index (χ0v) is 12.9. The van der Waals surface area contributed by atoms with Crippen molar-refractivity contribution < 1.29 is 0 Å². The summed E-state index contributed by atoms with van der Waals surface area (Å²) in [6.07, 6.45) is 0. The van der Waals surface area contributed by atoms with Crippen LogP contribution in [0.25, 0.3) is 0 Å². The number of nitrogens with one attached hydrogen (secondary N) is 1. The molecule has 0 saturated heterocycles. The smallest absolute Gasteiger partial charge is 0.185 e. The molecule has 0 bridgehead atoms. The van der Waals surface area contributed by atoms with Crippen molar-refractivity contribution in [2.24, 2.45) is 0 Å². The molecule has 0 aliphatic rings. The molecular formula is C13H25N3S. The van der Waals surface area contributed by atoms with Gasteiger partial charge in [-0.3, -0.25) is 0 Å². The van der Waals surface area contributed by atoms with E-state index in [1.54, 1.807) is 11.3 Å². The second kappa shape index (κ2) is 5.36. The van der Waals surface area contributed by atoms with Gasteiger partial charge in [0.05, 0.1) is 5.69 Å². The fourth-order valence-electron chi connectivity index (χ4n) is 1.53. The highest BCUT2D eigenvalue weighted by molar-refractivity contribution is 7.15. The van der Waals surface area contributed by atoms with Crippen molar-refractivity contribution in [3.05, 3.63) is 10.6 Å². The van der Waals surface area contributed by atoms with Gasteiger partial charge in [0.15, 0.2) is 5.13 Å². The fraction of sp³-hybridized carbons (Fsp3) is 0.769. The average molecular weight is 255 g/mol. The lowest BCUT2D eigenvalue weighted by Gasteiger charge is -2.18. The molecular weight excluding hydrogens is 230 g/mol. The molecule has 0 saturated carbocycles. The van der Waals surface area contributed by atoms with Crippen molar-refractivity contribution >= 4 is 16.5 Å². The minimum absolute atomic E-state index is 0.110. The predicted octanol–water partition coefficient (Wildman–Crippen LogP) is 3.00. The largest absolute Gasteiger partial charge is 0.354 e. The Kier molecular flexibility index (Phi) is 4.55. The van der Waals surface area contributed by atoms with Crippen LogP contribution >= 0.6 is 11.3 Å². The van der Waals surface area contributed by atoms with Gasteiger partial charge in [-0.25, -0.2) is 4.98 Å². The fourth-order valence-corrected chi connectivity index (χ4v) is 2.68. The van der Waals surface area contributed by atoms with E-state index in [2.05, 4.69) is 44.8 Å². The first kappa shape index (κ1) is 14.5. The van der Waals surface area contributed by atoms with Gasteiger partial charge >= 0.3 is 0 Å². The van der Waals surface area contributed by atoms with Crippen molar-refractivity contribution in [2.75, 3.05) is 19.0 Å². The molecule has 0 atom stereocenters. The Morgan fingerprint density at radius 1 is 1.29 bits per heavy atom. The summed E-state index contributed by atoms with van der Waals surface area (Å²) in [6.45, 7) is 11.9. The summed E-state index contributed by atoms with van der Waals surface area (Å²) in [5.74, 6) is 0. The van der Waals surface area contributed by atoms with E-state index in [-0.39, 0.29) is 5.41 Å². The van der Waals surface area contributed by atoms with Crippen LogP contribution in [0.4, 0.5) is 5.13 Å². The summed E-state index contributed by atoms with van der Waals surface area (Å²) >= 11 is 1.79. The lowest BCUT2D eigenvalue weighted by atomic mass is 9.91. The molecule has 0 spiro atoms. The van der Waals surface area contributed by atoms with Crippen LogP contribution in [0.3, 0.4) is 0 Å². The maximum atomic E-state index is 4.76. The molecule has 1 aromatic rings. The van der Waals surface area contributed by atoms with Crippen molar-refractivity contribution in [2.45, 2.75) is 52.6 Å². The molecule has 1 rings (SSSR count). The van der Waals surface area contributed by atoms with Crippen molar-refractivity contribution in [1.82, 2.24) is 10.3 Å². The Morgan fingerprint density at radius 2 is 1.88 bits per heavy atom. The highest BCUT2D eigenvalue weighted by atomic mass is 32.1. The van der Waals surface area contributed by atoms with E-state index in [4.69, 9.17) is 4.98 Å². The van der Waals surface area contributed by atoms with Gasteiger partial charge in [0.2, 0.25) is 0 Å². The van der Waals surface area contributed by atoms with Crippen LogP contribution in [0, 0.1) is 0 Å². The Morgan fingerprint density at radius 3 is 2.29 bits per heavy atom. The molecule has 98 valence electrons. The summed E-state index contributed by atoms with van der Waals surface area (Å²) in [5, 5.41) is 4.57. The van der Waals surface area contributed by atoms with E-state index in [0.717, 1.165) is 11.7 Å². The molecule has 0 aromatic carbocycles. The van der Waals surface area contributed by atoms with Gasteiger partial charge in [-0.05, 0) is 0 Å². The Bertz CT molecular complexity index is 361. The molecule has 0 aliphatic carbocycles. The minimum atomic E-state index is 0.110. The van der Waals surface area contributed by atoms with Gasteiger partial charge in [-0.15, -0.1) is 11.3 Å². The van der Waals surface area contributed by atoms with Crippen LogP contribution in [-0.2, 0) is 12.0 Å². The van der Waals surface area contributed by atoms with Gasteiger partial charge in [-0.2, -0.15) is 0 Å². The van der Waals surface area contributed by atoms with Gasteiger partial charge in [-0.1, -0.05) is 34.6 Å². The summed E-state index contributed by atoms with van der Waals surface area (Å²) in [4.78, 5) is 8.20. The number of anilines is 1. The standard InChI is InChI=1S/C13H25N3S/c1-9(2)14-8-10-11(13(3,4)5)15-12(17-10)16(6)7/h9,14H,8H2,1-7H3. The third kappa shape index (κ3) is 3.96. The lowest BCUT2D eigenvalue weighted by Crippen LogP contribution is -2.23. The Hall–Kier alpha value is -0.610. The highest BCUT2D eigenvalue weighted by Crippen LogP contribution is 2.33. The molecule has 1 aromatic heterocycles. The quantitative estimate of drug-likeness (QED) is 0.896.